The lowest BCUT2D eigenvalue weighted by Gasteiger charge is -2.39. The van der Waals surface area contributed by atoms with E-state index in [1.807, 2.05) is 6.07 Å². The number of nitrogens with one attached hydrogen (secondary N) is 2. The summed E-state index contributed by atoms with van der Waals surface area (Å²) < 4.78 is 15.7. The van der Waals surface area contributed by atoms with Crippen LogP contribution in [0.5, 0.6) is 0 Å². The Morgan fingerprint density at radius 3 is 2.77 bits per heavy atom. The minimum atomic E-state index is -0.491. The second kappa shape index (κ2) is 8.09. The highest BCUT2D eigenvalue weighted by atomic mass is 79.9. The average Bonchev–Trinajstić information content (AvgIpc) is 3.21. The first-order chi connectivity index (χ1) is 15.0. The fraction of sp³-hybridized carbons (Fsp3) is 0.304. The Hall–Kier alpha value is -2.71. The molecule has 0 unspecified atom stereocenters. The quantitative estimate of drug-likeness (QED) is 0.514. The summed E-state index contributed by atoms with van der Waals surface area (Å²) >= 11 is 3.38. The van der Waals surface area contributed by atoms with Crippen molar-refractivity contribution in [1.29, 1.82) is 0 Å². The Kier molecular flexibility index (Phi) is 5.27. The van der Waals surface area contributed by atoms with Crippen LogP contribution in [-0.2, 0) is 4.79 Å². The molecule has 0 spiro atoms. The van der Waals surface area contributed by atoms with Gasteiger partial charge in [-0.15, -0.1) is 0 Å². The van der Waals surface area contributed by atoms with Crippen LogP contribution in [0.2, 0.25) is 0 Å². The standard InChI is InChI=1S/C23H22BrFN4O2/c24-14-3-5-17-18(10-14)19(23(31)27-22(17)30)12-26-15-4-6-21(20(25)11-15)29-9-8-28-7-1-2-16(28)13-29/h3-6,10-12,16,26H,1-2,7-9,13H2,(H,27,30,31)/b19-12-/t16-/m0/s1. The second-order valence-electron chi connectivity index (χ2n) is 8.12. The molecule has 0 aliphatic carbocycles. The summed E-state index contributed by atoms with van der Waals surface area (Å²) in [6.07, 6.45) is 3.91. The van der Waals surface area contributed by atoms with Gasteiger partial charge in [0.15, 0.2) is 0 Å². The van der Waals surface area contributed by atoms with E-state index in [2.05, 4.69) is 36.4 Å². The van der Waals surface area contributed by atoms with Crippen molar-refractivity contribution in [3.8, 4) is 0 Å². The number of amides is 2. The molecule has 5 rings (SSSR count). The van der Waals surface area contributed by atoms with E-state index in [-0.39, 0.29) is 5.82 Å². The van der Waals surface area contributed by atoms with Crippen LogP contribution >= 0.6 is 15.9 Å². The lowest BCUT2D eigenvalue weighted by atomic mass is 9.95. The Morgan fingerprint density at radius 2 is 1.94 bits per heavy atom. The smallest absolute Gasteiger partial charge is 0.260 e. The number of carbonyl (C=O) groups excluding carboxylic acids is 2. The lowest BCUT2D eigenvalue weighted by Crippen LogP contribution is -2.50. The zero-order valence-corrected chi connectivity index (χ0v) is 18.4. The van der Waals surface area contributed by atoms with Gasteiger partial charge in [-0.25, -0.2) is 4.39 Å². The number of piperazine rings is 1. The molecule has 0 saturated carbocycles. The van der Waals surface area contributed by atoms with Crippen LogP contribution in [0, 0.1) is 5.82 Å². The largest absolute Gasteiger partial charge is 0.366 e. The average molecular weight is 485 g/mol. The number of carbonyl (C=O) groups is 2. The van der Waals surface area contributed by atoms with Gasteiger partial charge < -0.3 is 10.2 Å². The van der Waals surface area contributed by atoms with Crippen LogP contribution in [0.15, 0.2) is 47.1 Å². The molecule has 160 valence electrons. The lowest BCUT2D eigenvalue weighted by molar-refractivity contribution is -0.114. The third kappa shape index (κ3) is 3.85. The Balaban J connectivity index is 1.36. The molecule has 2 amide bonds. The molecule has 3 heterocycles. The molecule has 2 fully saturated rings. The number of rotatable bonds is 3. The zero-order valence-electron chi connectivity index (χ0n) is 16.8. The maximum atomic E-state index is 14.9. The SMILES string of the molecule is O=C1NC(=O)c2ccc(Br)cc2/C1=C/Nc1ccc(N2CCN3CCC[C@H]3C2)c(F)c1. The normalized spacial score (nSPS) is 22.3. The molecule has 2 aromatic rings. The van der Waals surface area contributed by atoms with Crippen molar-refractivity contribution < 1.29 is 14.0 Å². The summed E-state index contributed by atoms with van der Waals surface area (Å²) in [5.74, 6) is -1.21. The van der Waals surface area contributed by atoms with Gasteiger partial charge in [0.25, 0.3) is 11.8 Å². The van der Waals surface area contributed by atoms with Crippen molar-refractivity contribution in [1.82, 2.24) is 10.2 Å². The van der Waals surface area contributed by atoms with Crippen molar-refractivity contribution >= 4 is 44.7 Å². The number of hydrogen-bond acceptors (Lipinski definition) is 5. The molecule has 6 nitrogen and oxygen atoms in total. The van der Waals surface area contributed by atoms with E-state index in [1.54, 1.807) is 24.3 Å². The Morgan fingerprint density at radius 1 is 1.06 bits per heavy atom. The fourth-order valence-electron chi connectivity index (χ4n) is 4.66. The minimum Gasteiger partial charge on any atom is -0.366 e. The number of imide groups is 1. The number of anilines is 2. The van der Waals surface area contributed by atoms with Gasteiger partial charge in [-0.3, -0.25) is 19.8 Å². The highest BCUT2D eigenvalue weighted by Gasteiger charge is 2.31. The van der Waals surface area contributed by atoms with E-state index in [9.17, 15) is 14.0 Å². The first-order valence-electron chi connectivity index (χ1n) is 10.4. The minimum absolute atomic E-state index is 0.290. The number of halogens is 2. The van der Waals surface area contributed by atoms with E-state index >= 15 is 0 Å². The topological polar surface area (TPSA) is 64.7 Å². The van der Waals surface area contributed by atoms with Crippen LogP contribution in [0.4, 0.5) is 15.8 Å². The Labute approximate surface area is 188 Å². The molecule has 2 N–H and O–H groups in total. The van der Waals surface area contributed by atoms with E-state index in [4.69, 9.17) is 0 Å². The zero-order chi connectivity index (χ0) is 21.5. The van der Waals surface area contributed by atoms with Crippen LogP contribution < -0.4 is 15.5 Å². The maximum Gasteiger partial charge on any atom is 0.260 e. The van der Waals surface area contributed by atoms with Crippen LogP contribution in [0.25, 0.3) is 5.57 Å². The molecule has 1 atom stereocenters. The number of benzene rings is 2. The van der Waals surface area contributed by atoms with Crippen molar-refractivity contribution in [2.75, 3.05) is 36.4 Å². The highest BCUT2D eigenvalue weighted by molar-refractivity contribution is 9.10. The fourth-order valence-corrected chi connectivity index (χ4v) is 5.02. The molecule has 31 heavy (non-hydrogen) atoms. The van der Waals surface area contributed by atoms with E-state index < -0.39 is 11.8 Å². The monoisotopic (exact) mass is 484 g/mol. The van der Waals surface area contributed by atoms with Gasteiger partial charge in [0.1, 0.15) is 5.82 Å². The first-order valence-corrected chi connectivity index (χ1v) is 11.2. The van der Waals surface area contributed by atoms with Gasteiger partial charge in [0.05, 0.1) is 11.3 Å². The third-order valence-electron chi connectivity index (χ3n) is 6.25. The van der Waals surface area contributed by atoms with Crippen LogP contribution in [0.3, 0.4) is 0 Å². The molecule has 3 aliphatic heterocycles. The number of hydrogen-bond donors (Lipinski definition) is 2. The van der Waals surface area contributed by atoms with Gasteiger partial charge in [-0.1, -0.05) is 15.9 Å². The molecule has 8 heteroatoms. The van der Waals surface area contributed by atoms with Gasteiger partial charge in [0.2, 0.25) is 0 Å². The molecular weight excluding hydrogens is 463 g/mol. The van der Waals surface area contributed by atoms with Gasteiger partial charge in [-0.2, -0.15) is 0 Å². The van der Waals surface area contributed by atoms with Crippen molar-refractivity contribution in [3.05, 3.63) is 64.0 Å². The molecular formula is C23H22BrFN4O2. The van der Waals surface area contributed by atoms with Crippen molar-refractivity contribution in [2.24, 2.45) is 0 Å². The third-order valence-corrected chi connectivity index (χ3v) is 6.74. The first kappa shape index (κ1) is 20.2. The molecule has 0 aromatic heterocycles. The summed E-state index contributed by atoms with van der Waals surface area (Å²) in [7, 11) is 0. The highest BCUT2D eigenvalue weighted by Crippen LogP contribution is 2.30. The Bertz CT molecular complexity index is 1100. The van der Waals surface area contributed by atoms with Crippen molar-refractivity contribution in [3.63, 3.8) is 0 Å². The van der Waals surface area contributed by atoms with E-state index in [1.165, 1.54) is 25.1 Å². The molecule has 0 bridgehead atoms. The predicted octanol–water partition coefficient (Wildman–Crippen LogP) is 3.60. The summed E-state index contributed by atoms with van der Waals surface area (Å²) in [6, 6.07) is 10.7. The molecule has 0 radical (unpaired) electrons. The van der Waals surface area contributed by atoms with Gasteiger partial charge in [0, 0.05) is 53.2 Å². The summed E-state index contributed by atoms with van der Waals surface area (Å²) in [5.41, 5.74) is 2.41. The van der Waals surface area contributed by atoms with Crippen LogP contribution in [0.1, 0.15) is 28.8 Å². The van der Waals surface area contributed by atoms with Gasteiger partial charge >= 0.3 is 0 Å². The van der Waals surface area contributed by atoms with Gasteiger partial charge in [-0.05, 0) is 55.8 Å². The molecule has 2 aromatic carbocycles. The number of nitrogens with zero attached hydrogens (tertiary/aromatic N) is 2. The summed E-state index contributed by atoms with van der Waals surface area (Å²) in [6.45, 7) is 3.80. The second-order valence-corrected chi connectivity index (χ2v) is 9.04. The van der Waals surface area contributed by atoms with E-state index in [0.29, 0.717) is 34.1 Å². The molecule has 3 aliphatic rings. The van der Waals surface area contributed by atoms with E-state index in [0.717, 1.165) is 30.7 Å². The number of fused-ring (bicyclic) bond motifs is 2. The molecule has 2 saturated heterocycles. The maximum absolute atomic E-state index is 14.9. The van der Waals surface area contributed by atoms with Crippen molar-refractivity contribution in [2.45, 2.75) is 18.9 Å². The summed E-state index contributed by atoms with van der Waals surface area (Å²) in [4.78, 5) is 29.1. The predicted molar refractivity (Wildman–Crippen MR) is 121 cm³/mol. The van der Waals surface area contributed by atoms with Crippen LogP contribution in [-0.4, -0.2) is 48.9 Å². The summed E-state index contributed by atoms with van der Waals surface area (Å²) in [5, 5.41) is 5.35.